The highest BCUT2D eigenvalue weighted by atomic mass is 16.2. The van der Waals surface area contributed by atoms with E-state index in [0.717, 1.165) is 42.6 Å². The van der Waals surface area contributed by atoms with Crippen molar-refractivity contribution in [1.82, 2.24) is 24.4 Å². The van der Waals surface area contributed by atoms with Crippen molar-refractivity contribution in [3.63, 3.8) is 0 Å². The van der Waals surface area contributed by atoms with Gasteiger partial charge in [-0.05, 0) is 33.1 Å². The van der Waals surface area contributed by atoms with E-state index < -0.39 is 0 Å². The smallest absolute Gasteiger partial charge is 0.245 e. The number of amides is 2. The van der Waals surface area contributed by atoms with E-state index in [-0.39, 0.29) is 29.9 Å². The SMILES string of the molecule is Cc1cc2ncc3c(n2n1)C[C@@H]1CC[C@@H]3N1C(=O)[C@@H](C)N1CCCC1=O. The molecule has 5 rings (SSSR count). The summed E-state index contributed by atoms with van der Waals surface area (Å²) >= 11 is 0. The highest BCUT2D eigenvalue weighted by molar-refractivity contribution is 5.89. The van der Waals surface area contributed by atoms with Gasteiger partial charge in [-0.3, -0.25) is 9.59 Å². The third kappa shape index (κ3) is 2.12. The van der Waals surface area contributed by atoms with Crippen molar-refractivity contribution in [3.05, 3.63) is 29.2 Å². The molecule has 0 saturated carbocycles. The molecule has 0 aliphatic carbocycles. The van der Waals surface area contributed by atoms with Crippen LogP contribution < -0.4 is 0 Å². The van der Waals surface area contributed by atoms with Crippen molar-refractivity contribution in [1.29, 1.82) is 0 Å². The van der Waals surface area contributed by atoms with Crippen molar-refractivity contribution in [2.45, 2.75) is 64.1 Å². The summed E-state index contributed by atoms with van der Waals surface area (Å²) in [6.45, 7) is 4.54. The molecule has 7 nitrogen and oxygen atoms in total. The van der Waals surface area contributed by atoms with E-state index in [1.807, 2.05) is 35.5 Å². The van der Waals surface area contributed by atoms with Crippen LogP contribution in [0.5, 0.6) is 0 Å². The van der Waals surface area contributed by atoms with E-state index in [4.69, 9.17) is 0 Å². The summed E-state index contributed by atoms with van der Waals surface area (Å²) in [6, 6.07) is 1.85. The van der Waals surface area contributed by atoms with Crippen LogP contribution in [0.1, 0.15) is 55.6 Å². The number of likely N-dealkylation sites (tertiary alicyclic amines) is 1. The van der Waals surface area contributed by atoms with Gasteiger partial charge in [-0.15, -0.1) is 0 Å². The Morgan fingerprint density at radius 2 is 2.19 bits per heavy atom. The predicted molar refractivity (Wildman–Crippen MR) is 94.4 cm³/mol. The molecule has 7 heteroatoms. The molecule has 3 atom stereocenters. The number of fused-ring (bicyclic) bond motifs is 6. The van der Waals surface area contributed by atoms with Gasteiger partial charge < -0.3 is 9.80 Å². The standard InChI is InChI=1S/C19H23N5O2/c1-11-8-17-20-10-14-15-6-5-13(9-16(14)24(17)21-11)23(15)19(26)12(2)22-7-3-4-18(22)25/h8,10,12-13,15H,3-7,9H2,1-2H3/t12-,13+,15+/m1/s1. The van der Waals surface area contributed by atoms with Gasteiger partial charge in [0.15, 0.2) is 5.65 Å². The Labute approximate surface area is 152 Å². The van der Waals surface area contributed by atoms with Gasteiger partial charge in [0.25, 0.3) is 0 Å². The van der Waals surface area contributed by atoms with E-state index in [1.54, 1.807) is 4.90 Å². The maximum absolute atomic E-state index is 13.3. The van der Waals surface area contributed by atoms with E-state index >= 15 is 0 Å². The highest BCUT2D eigenvalue weighted by Gasteiger charge is 2.46. The summed E-state index contributed by atoms with van der Waals surface area (Å²) in [4.78, 5) is 33.7. The van der Waals surface area contributed by atoms with Gasteiger partial charge in [0.1, 0.15) is 6.04 Å². The van der Waals surface area contributed by atoms with Gasteiger partial charge >= 0.3 is 0 Å². The number of rotatable bonds is 2. The Balaban J connectivity index is 1.50. The van der Waals surface area contributed by atoms with E-state index in [0.29, 0.717) is 13.0 Å². The zero-order valence-electron chi connectivity index (χ0n) is 15.2. The van der Waals surface area contributed by atoms with Crippen LogP contribution in [0.2, 0.25) is 0 Å². The van der Waals surface area contributed by atoms with Crippen LogP contribution in [0, 0.1) is 6.92 Å². The van der Waals surface area contributed by atoms with Crippen molar-refractivity contribution >= 4 is 17.5 Å². The van der Waals surface area contributed by atoms with Gasteiger partial charge in [0.2, 0.25) is 11.8 Å². The fourth-order valence-electron chi connectivity index (χ4n) is 4.96. The molecule has 2 aromatic heterocycles. The molecule has 136 valence electrons. The van der Waals surface area contributed by atoms with Crippen LogP contribution >= 0.6 is 0 Å². The fourth-order valence-corrected chi connectivity index (χ4v) is 4.96. The van der Waals surface area contributed by atoms with Crippen LogP contribution in [-0.4, -0.2) is 54.8 Å². The first kappa shape index (κ1) is 15.8. The van der Waals surface area contributed by atoms with Gasteiger partial charge in [0, 0.05) is 43.3 Å². The molecule has 26 heavy (non-hydrogen) atoms. The largest absolute Gasteiger partial charge is 0.331 e. The van der Waals surface area contributed by atoms with Crippen LogP contribution in [-0.2, 0) is 16.0 Å². The highest BCUT2D eigenvalue weighted by Crippen LogP contribution is 2.44. The second-order valence-corrected chi connectivity index (χ2v) is 7.78. The quantitative estimate of drug-likeness (QED) is 0.823. The van der Waals surface area contributed by atoms with E-state index in [2.05, 4.69) is 10.1 Å². The molecule has 2 fully saturated rings. The zero-order valence-corrected chi connectivity index (χ0v) is 15.2. The lowest BCUT2D eigenvalue weighted by atomic mass is 9.98. The average molecular weight is 353 g/mol. The minimum atomic E-state index is -0.377. The molecule has 5 heterocycles. The predicted octanol–water partition coefficient (Wildman–Crippen LogP) is 1.64. The number of aromatic nitrogens is 3. The minimum Gasteiger partial charge on any atom is -0.331 e. The van der Waals surface area contributed by atoms with Crippen LogP contribution in [0.25, 0.3) is 5.65 Å². The summed E-state index contributed by atoms with van der Waals surface area (Å²) < 4.78 is 1.95. The van der Waals surface area contributed by atoms with E-state index in [9.17, 15) is 9.59 Å². The van der Waals surface area contributed by atoms with Crippen LogP contribution in [0.3, 0.4) is 0 Å². The Hall–Kier alpha value is -2.44. The zero-order chi connectivity index (χ0) is 18.0. The Kier molecular flexibility index (Phi) is 3.36. The number of carbonyl (C=O) groups is 2. The molecule has 0 radical (unpaired) electrons. The van der Waals surface area contributed by atoms with Gasteiger partial charge in [-0.25, -0.2) is 9.50 Å². The van der Waals surface area contributed by atoms with Gasteiger partial charge in [-0.1, -0.05) is 0 Å². The average Bonchev–Trinajstić information content (AvgIpc) is 3.30. The Morgan fingerprint density at radius 1 is 1.35 bits per heavy atom. The molecule has 2 bridgehead atoms. The fraction of sp³-hybridized carbons (Fsp3) is 0.579. The van der Waals surface area contributed by atoms with E-state index in [1.165, 1.54) is 5.69 Å². The Bertz CT molecular complexity index is 920. The first-order valence-electron chi connectivity index (χ1n) is 9.50. The van der Waals surface area contributed by atoms with Crippen molar-refractivity contribution in [2.24, 2.45) is 0 Å². The summed E-state index contributed by atoms with van der Waals surface area (Å²) in [5.74, 6) is 0.182. The topological polar surface area (TPSA) is 70.8 Å². The summed E-state index contributed by atoms with van der Waals surface area (Å²) in [5, 5.41) is 4.60. The number of aryl methyl sites for hydroxylation is 1. The lowest BCUT2D eigenvalue weighted by molar-refractivity contribution is -0.145. The molecule has 0 N–H and O–H groups in total. The molecule has 0 spiro atoms. The molecule has 3 aliphatic rings. The van der Waals surface area contributed by atoms with Crippen molar-refractivity contribution in [3.8, 4) is 0 Å². The normalized spacial score (nSPS) is 25.8. The number of hydrogen-bond acceptors (Lipinski definition) is 4. The summed E-state index contributed by atoms with van der Waals surface area (Å²) in [6.07, 6.45) is 6.09. The van der Waals surface area contributed by atoms with Crippen LogP contribution in [0.15, 0.2) is 12.3 Å². The summed E-state index contributed by atoms with van der Waals surface area (Å²) in [5.41, 5.74) is 4.13. The Morgan fingerprint density at radius 3 is 2.96 bits per heavy atom. The first-order valence-corrected chi connectivity index (χ1v) is 9.50. The molecule has 3 aliphatic heterocycles. The van der Waals surface area contributed by atoms with Crippen LogP contribution in [0.4, 0.5) is 0 Å². The molecule has 0 unspecified atom stereocenters. The molecule has 2 saturated heterocycles. The number of hydrogen-bond donors (Lipinski definition) is 0. The van der Waals surface area contributed by atoms with Gasteiger partial charge in [-0.2, -0.15) is 5.10 Å². The molecular formula is C19H23N5O2. The summed E-state index contributed by atoms with van der Waals surface area (Å²) in [7, 11) is 0. The third-order valence-corrected chi connectivity index (χ3v) is 6.22. The maximum atomic E-state index is 13.3. The number of carbonyl (C=O) groups excluding carboxylic acids is 2. The lowest BCUT2D eigenvalue weighted by Crippen LogP contribution is -2.51. The maximum Gasteiger partial charge on any atom is 0.245 e. The minimum absolute atomic E-state index is 0.0535. The molecule has 2 amide bonds. The lowest BCUT2D eigenvalue weighted by Gasteiger charge is -2.39. The van der Waals surface area contributed by atoms with Crippen molar-refractivity contribution < 1.29 is 9.59 Å². The number of nitrogens with zero attached hydrogens (tertiary/aromatic N) is 5. The molecule has 2 aromatic rings. The van der Waals surface area contributed by atoms with Gasteiger partial charge in [0.05, 0.1) is 17.4 Å². The molecule has 0 aromatic carbocycles. The molecular weight excluding hydrogens is 330 g/mol. The van der Waals surface area contributed by atoms with Crippen molar-refractivity contribution in [2.75, 3.05) is 6.54 Å². The third-order valence-electron chi connectivity index (χ3n) is 6.22. The first-order chi connectivity index (χ1) is 12.5. The second-order valence-electron chi connectivity index (χ2n) is 7.78. The second kappa shape index (κ2) is 5.53. The monoisotopic (exact) mass is 353 g/mol.